The molecule has 11 heteroatoms. The summed E-state index contributed by atoms with van der Waals surface area (Å²) in [6.07, 6.45) is 3.76. The lowest BCUT2D eigenvalue weighted by molar-refractivity contribution is -0.384. The zero-order valence-corrected chi connectivity index (χ0v) is 19.0. The molecule has 1 N–H and O–H groups in total. The molecule has 2 heterocycles. The number of thioether (sulfide) groups is 1. The van der Waals surface area contributed by atoms with Gasteiger partial charge in [-0.1, -0.05) is 30.3 Å². The SMILES string of the molecule is CCCn1c(SCC(=O)Nc2ccc([N+](=O)[O-])cc2Cl)nc2sc3c(c2c1=O)CCC3. The standard InChI is InChI=1S/C20H19ClN4O4S2/c1-2-8-24-19(27)17-12-4-3-5-15(12)31-18(17)23-20(24)30-10-16(26)22-14-7-6-11(25(28)29)9-13(14)21/h6-7,9H,2-5,8,10H2,1H3,(H,22,26). The number of halogens is 1. The van der Waals surface area contributed by atoms with Crippen molar-refractivity contribution in [1.29, 1.82) is 0 Å². The maximum Gasteiger partial charge on any atom is 0.271 e. The minimum absolute atomic E-state index is 0.0278. The summed E-state index contributed by atoms with van der Waals surface area (Å²) >= 11 is 8.81. The Bertz CT molecular complexity index is 1250. The van der Waals surface area contributed by atoms with Gasteiger partial charge < -0.3 is 5.32 Å². The number of thiophene rings is 1. The normalized spacial score (nSPS) is 12.8. The van der Waals surface area contributed by atoms with E-state index in [1.165, 1.54) is 34.8 Å². The van der Waals surface area contributed by atoms with Crippen molar-refractivity contribution in [2.24, 2.45) is 0 Å². The van der Waals surface area contributed by atoms with Gasteiger partial charge in [-0.2, -0.15) is 0 Å². The summed E-state index contributed by atoms with van der Waals surface area (Å²) in [6, 6.07) is 3.86. The smallest absolute Gasteiger partial charge is 0.271 e. The van der Waals surface area contributed by atoms with Crippen LogP contribution >= 0.6 is 34.7 Å². The summed E-state index contributed by atoms with van der Waals surface area (Å²) in [7, 11) is 0. The number of nitrogens with one attached hydrogen (secondary N) is 1. The van der Waals surface area contributed by atoms with Crippen LogP contribution in [0.5, 0.6) is 0 Å². The summed E-state index contributed by atoms with van der Waals surface area (Å²) in [6.45, 7) is 2.52. The molecule has 3 aromatic rings. The van der Waals surface area contributed by atoms with E-state index in [2.05, 4.69) is 5.32 Å². The molecular weight excluding hydrogens is 460 g/mol. The number of aromatic nitrogens is 2. The second kappa shape index (κ2) is 8.97. The van der Waals surface area contributed by atoms with Gasteiger partial charge >= 0.3 is 0 Å². The summed E-state index contributed by atoms with van der Waals surface area (Å²) in [5.74, 6) is -0.313. The Morgan fingerprint density at radius 1 is 1.42 bits per heavy atom. The fourth-order valence-electron chi connectivity index (χ4n) is 3.62. The van der Waals surface area contributed by atoms with Crippen molar-refractivity contribution >= 4 is 62.2 Å². The molecule has 8 nitrogen and oxygen atoms in total. The number of nitrogens with zero attached hydrogens (tertiary/aromatic N) is 3. The molecular formula is C20H19ClN4O4S2. The lowest BCUT2D eigenvalue weighted by Gasteiger charge is -2.12. The number of rotatable bonds is 7. The molecule has 1 amide bonds. The molecule has 2 aromatic heterocycles. The fraction of sp³-hybridized carbons (Fsp3) is 0.350. The number of aryl methyl sites for hydroxylation is 2. The van der Waals surface area contributed by atoms with Crippen molar-refractivity contribution in [3.05, 3.63) is 54.1 Å². The first-order valence-electron chi connectivity index (χ1n) is 9.80. The van der Waals surface area contributed by atoms with Crippen LogP contribution in [-0.2, 0) is 24.2 Å². The lowest BCUT2D eigenvalue weighted by Crippen LogP contribution is -2.24. The van der Waals surface area contributed by atoms with Crippen LogP contribution in [0.15, 0.2) is 28.2 Å². The number of nitro benzene ring substituents is 1. The Balaban J connectivity index is 1.54. The van der Waals surface area contributed by atoms with E-state index in [1.54, 1.807) is 15.9 Å². The monoisotopic (exact) mass is 478 g/mol. The second-order valence-electron chi connectivity index (χ2n) is 7.15. The molecule has 0 unspecified atom stereocenters. The zero-order chi connectivity index (χ0) is 22.1. The van der Waals surface area contributed by atoms with Crippen molar-refractivity contribution in [1.82, 2.24) is 9.55 Å². The molecule has 0 saturated carbocycles. The fourth-order valence-corrected chi connectivity index (χ4v) is 5.97. The average molecular weight is 479 g/mol. The van der Waals surface area contributed by atoms with E-state index in [9.17, 15) is 19.7 Å². The van der Waals surface area contributed by atoms with E-state index in [0.29, 0.717) is 17.4 Å². The van der Waals surface area contributed by atoms with Crippen LogP contribution < -0.4 is 10.9 Å². The molecule has 0 aliphatic heterocycles. The number of non-ortho nitro benzene ring substituents is 1. The topological polar surface area (TPSA) is 107 Å². The predicted molar refractivity (Wildman–Crippen MR) is 124 cm³/mol. The third kappa shape index (κ3) is 4.32. The van der Waals surface area contributed by atoms with E-state index < -0.39 is 4.92 Å². The van der Waals surface area contributed by atoms with E-state index in [1.807, 2.05) is 6.92 Å². The van der Waals surface area contributed by atoms with Crippen LogP contribution in [-0.4, -0.2) is 26.1 Å². The van der Waals surface area contributed by atoms with Crippen molar-refractivity contribution in [3.63, 3.8) is 0 Å². The molecule has 1 aromatic carbocycles. The highest BCUT2D eigenvalue weighted by Crippen LogP contribution is 2.35. The van der Waals surface area contributed by atoms with Gasteiger partial charge in [0.05, 0.1) is 26.8 Å². The van der Waals surface area contributed by atoms with Gasteiger partial charge in [0.15, 0.2) is 5.16 Å². The maximum absolute atomic E-state index is 13.2. The molecule has 0 saturated heterocycles. The molecule has 0 fully saturated rings. The third-order valence-electron chi connectivity index (χ3n) is 5.01. The van der Waals surface area contributed by atoms with Gasteiger partial charge in [-0.25, -0.2) is 4.98 Å². The Morgan fingerprint density at radius 3 is 2.94 bits per heavy atom. The molecule has 1 aliphatic rings. The lowest BCUT2D eigenvalue weighted by atomic mass is 10.2. The number of nitro groups is 1. The minimum Gasteiger partial charge on any atom is -0.324 e. The molecule has 0 radical (unpaired) electrons. The first kappa shape index (κ1) is 21.8. The van der Waals surface area contributed by atoms with Crippen molar-refractivity contribution in [2.45, 2.75) is 44.3 Å². The first-order valence-corrected chi connectivity index (χ1v) is 12.0. The Kier molecular flexibility index (Phi) is 6.31. The van der Waals surface area contributed by atoms with Crippen molar-refractivity contribution < 1.29 is 9.72 Å². The first-order chi connectivity index (χ1) is 14.9. The zero-order valence-electron chi connectivity index (χ0n) is 16.6. The Hall–Kier alpha value is -2.43. The van der Waals surface area contributed by atoms with E-state index in [0.717, 1.165) is 41.5 Å². The molecule has 0 bridgehead atoms. The maximum atomic E-state index is 13.2. The minimum atomic E-state index is -0.553. The highest BCUT2D eigenvalue weighted by atomic mass is 35.5. The number of carbonyl (C=O) groups excluding carboxylic acids is 1. The molecule has 1 aliphatic carbocycles. The highest BCUT2D eigenvalue weighted by Gasteiger charge is 2.23. The van der Waals surface area contributed by atoms with Gasteiger partial charge in [-0.05, 0) is 37.3 Å². The van der Waals surface area contributed by atoms with Gasteiger partial charge in [-0.3, -0.25) is 24.3 Å². The summed E-state index contributed by atoms with van der Waals surface area (Å²) in [5.41, 5.74) is 1.25. The number of fused-ring (bicyclic) bond motifs is 3. The summed E-state index contributed by atoms with van der Waals surface area (Å²) in [5, 5.41) is 14.8. The number of carbonyl (C=O) groups is 1. The van der Waals surface area contributed by atoms with Crippen LogP contribution in [0.2, 0.25) is 5.02 Å². The molecule has 4 rings (SSSR count). The van der Waals surface area contributed by atoms with Crippen LogP contribution in [0.1, 0.15) is 30.2 Å². The Labute approximate surface area is 190 Å². The van der Waals surface area contributed by atoms with Crippen LogP contribution in [0.3, 0.4) is 0 Å². The third-order valence-corrected chi connectivity index (χ3v) is 7.48. The number of benzene rings is 1. The van der Waals surface area contributed by atoms with Crippen LogP contribution in [0, 0.1) is 10.1 Å². The van der Waals surface area contributed by atoms with E-state index >= 15 is 0 Å². The van der Waals surface area contributed by atoms with Crippen molar-refractivity contribution in [2.75, 3.05) is 11.1 Å². The van der Waals surface area contributed by atoms with E-state index in [4.69, 9.17) is 16.6 Å². The quantitative estimate of drug-likeness (QED) is 0.229. The number of hydrogen-bond acceptors (Lipinski definition) is 7. The van der Waals surface area contributed by atoms with Gasteiger partial charge in [0.25, 0.3) is 11.2 Å². The van der Waals surface area contributed by atoms with Crippen molar-refractivity contribution in [3.8, 4) is 0 Å². The number of anilines is 1. The average Bonchev–Trinajstić information content (AvgIpc) is 3.31. The summed E-state index contributed by atoms with van der Waals surface area (Å²) in [4.78, 5) is 42.6. The van der Waals surface area contributed by atoms with E-state index in [-0.39, 0.29) is 27.9 Å². The summed E-state index contributed by atoms with van der Waals surface area (Å²) < 4.78 is 1.66. The van der Waals surface area contributed by atoms with Gasteiger partial charge in [0.1, 0.15) is 4.83 Å². The number of amides is 1. The number of hydrogen-bond donors (Lipinski definition) is 1. The molecule has 0 atom stereocenters. The largest absolute Gasteiger partial charge is 0.324 e. The van der Waals surface area contributed by atoms with Crippen LogP contribution in [0.4, 0.5) is 11.4 Å². The van der Waals surface area contributed by atoms with Gasteiger partial charge in [0, 0.05) is 23.6 Å². The van der Waals surface area contributed by atoms with Gasteiger partial charge in [0.2, 0.25) is 5.91 Å². The van der Waals surface area contributed by atoms with Crippen LogP contribution in [0.25, 0.3) is 10.2 Å². The molecule has 0 spiro atoms. The molecule has 162 valence electrons. The highest BCUT2D eigenvalue weighted by molar-refractivity contribution is 7.99. The second-order valence-corrected chi connectivity index (χ2v) is 9.58. The predicted octanol–water partition coefficient (Wildman–Crippen LogP) is 4.65. The Morgan fingerprint density at radius 2 is 2.23 bits per heavy atom. The van der Waals surface area contributed by atoms with Gasteiger partial charge in [-0.15, -0.1) is 11.3 Å². The molecule has 31 heavy (non-hydrogen) atoms.